The van der Waals surface area contributed by atoms with Crippen molar-refractivity contribution in [3.63, 3.8) is 0 Å². The minimum atomic E-state index is -0.416. The number of hydrogen-bond donors (Lipinski definition) is 1. The molecule has 5 heteroatoms. The molecule has 4 nitrogen and oxygen atoms in total. The molecule has 1 N–H and O–H groups in total. The van der Waals surface area contributed by atoms with Gasteiger partial charge in [0, 0.05) is 30.0 Å². The molecule has 0 atom stereocenters. The number of carbonyl (C=O) groups is 1. The van der Waals surface area contributed by atoms with Crippen molar-refractivity contribution in [2.75, 3.05) is 18.4 Å². The van der Waals surface area contributed by atoms with Gasteiger partial charge < -0.3 is 10.2 Å². The van der Waals surface area contributed by atoms with Gasteiger partial charge in [-0.05, 0) is 36.5 Å². The Hall–Kier alpha value is -1.99. The van der Waals surface area contributed by atoms with E-state index < -0.39 is 5.91 Å². The maximum absolute atomic E-state index is 12.4. The van der Waals surface area contributed by atoms with Crippen LogP contribution in [0.25, 0.3) is 0 Å². The summed E-state index contributed by atoms with van der Waals surface area (Å²) in [4.78, 5) is 14.5. The second kappa shape index (κ2) is 9.34. The van der Waals surface area contributed by atoms with Crippen LogP contribution in [0.2, 0.25) is 5.02 Å². The Bertz CT molecular complexity index is 635. The molecular formula is C19H26ClN3O. The summed E-state index contributed by atoms with van der Waals surface area (Å²) in [5.41, 5.74) is 1.50. The Balaban J connectivity index is 2.98. The molecule has 0 saturated heterocycles. The Kier molecular flexibility index (Phi) is 7.81. The van der Waals surface area contributed by atoms with Crippen LogP contribution in [-0.4, -0.2) is 23.9 Å². The number of amides is 1. The maximum Gasteiger partial charge on any atom is 0.267 e. The largest absolute Gasteiger partial charge is 0.376 e. The van der Waals surface area contributed by atoms with E-state index in [-0.39, 0.29) is 5.57 Å². The second-order valence-electron chi connectivity index (χ2n) is 6.76. The molecule has 0 unspecified atom stereocenters. The van der Waals surface area contributed by atoms with Gasteiger partial charge >= 0.3 is 0 Å². The van der Waals surface area contributed by atoms with Crippen molar-refractivity contribution in [1.29, 1.82) is 5.26 Å². The number of hydrogen-bond acceptors (Lipinski definition) is 3. The summed E-state index contributed by atoms with van der Waals surface area (Å²) in [6.07, 6.45) is 1.66. The molecule has 0 radical (unpaired) electrons. The molecule has 0 aliphatic heterocycles. The first-order chi connectivity index (χ1) is 11.2. The Labute approximate surface area is 150 Å². The van der Waals surface area contributed by atoms with E-state index in [1.807, 2.05) is 17.9 Å². The van der Waals surface area contributed by atoms with Crippen molar-refractivity contribution in [2.24, 2.45) is 11.8 Å². The highest BCUT2D eigenvalue weighted by Gasteiger charge is 2.14. The third-order valence-corrected chi connectivity index (χ3v) is 3.80. The lowest BCUT2D eigenvalue weighted by Crippen LogP contribution is -2.28. The van der Waals surface area contributed by atoms with Gasteiger partial charge in [0.15, 0.2) is 0 Å². The zero-order valence-corrected chi connectivity index (χ0v) is 15.8. The predicted octanol–water partition coefficient (Wildman–Crippen LogP) is 4.61. The van der Waals surface area contributed by atoms with Gasteiger partial charge in [-0.2, -0.15) is 5.26 Å². The average molecular weight is 348 g/mol. The van der Waals surface area contributed by atoms with E-state index in [9.17, 15) is 10.1 Å². The minimum Gasteiger partial charge on any atom is -0.376 e. The van der Waals surface area contributed by atoms with Crippen LogP contribution in [0, 0.1) is 30.1 Å². The Morgan fingerprint density at radius 1 is 1.29 bits per heavy atom. The van der Waals surface area contributed by atoms with E-state index >= 15 is 0 Å². The van der Waals surface area contributed by atoms with Crippen LogP contribution in [0.3, 0.4) is 0 Å². The molecule has 1 amide bonds. The van der Waals surface area contributed by atoms with E-state index in [1.165, 1.54) is 0 Å². The fourth-order valence-electron chi connectivity index (χ4n) is 2.37. The third-order valence-electron chi connectivity index (χ3n) is 3.39. The molecule has 0 aromatic heterocycles. The highest BCUT2D eigenvalue weighted by atomic mass is 35.5. The number of rotatable bonds is 7. The van der Waals surface area contributed by atoms with Gasteiger partial charge in [0.2, 0.25) is 0 Å². The van der Waals surface area contributed by atoms with Gasteiger partial charge in [-0.3, -0.25) is 4.79 Å². The number of nitriles is 1. The van der Waals surface area contributed by atoms with E-state index in [4.69, 9.17) is 11.6 Å². The van der Waals surface area contributed by atoms with Crippen molar-refractivity contribution >= 4 is 23.2 Å². The zero-order valence-electron chi connectivity index (χ0n) is 15.1. The Morgan fingerprint density at radius 2 is 1.88 bits per heavy atom. The van der Waals surface area contributed by atoms with Crippen LogP contribution < -0.4 is 5.32 Å². The van der Waals surface area contributed by atoms with E-state index in [1.54, 1.807) is 24.4 Å². The van der Waals surface area contributed by atoms with Crippen LogP contribution in [-0.2, 0) is 4.79 Å². The second-order valence-corrected chi connectivity index (χ2v) is 7.17. The fraction of sp³-hybridized carbons (Fsp3) is 0.474. The van der Waals surface area contributed by atoms with Gasteiger partial charge in [0.1, 0.15) is 11.6 Å². The number of carbonyl (C=O) groups excluding carboxylic acids is 1. The molecule has 24 heavy (non-hydrogen) atoms. The van der Waals surface area contributed by atoms with Crippen LogP contribution in [0.5, 0.6) is 0 Å². The summed E-state index contributed by atoms with van der Waals surface area (Å²) in [6, 6.07) is 7.31. The number of nitrogens with one attached hydrogen (secondary N) is 1. The van der Waals surface area contributed by atoms with Crippen molar-refractivity contribution in [3.05, 3.63) is 40.6 Å². The van der Waals surface area contributed by atoms with Crippen molar-refractivity contribution < 1.29 is 4.79 Å². The molecule has 0 spiro atoms. The first-order valence-corrected chi connectivity index (χ1v) is 8.54. The summed E-state index contributed by atoms with van der Waals surface area (Å²) in [5.74, 6) is 0.469. The van der Waals surface area contributed by atoms with Gasteiger partial charge in [-0.15, -0.1) is 0 Å². The van der Waals surface area contributed by atoms with E-state index in [0.29, 0.717) is 22.5 Å². The summed E-state index contributed by atoms with van der Waals surface area (Å²) >= 11 is 6.07. The topological polar surface area (TPSA) is 56.1 Å². The maximum atomic E-state index is 12.4. The lowest BCUT2D eigenvalue weighted by atomic mass is 10.1. The zero-order chi connectivity index (χ0) is 18.3. The molecule has 1 aromatic carbocycles. The molecule has 1 aromatic rings. The van der Waals surface area contributed by atoms with Gasteiger partial charge in [0.25, 0.3) is 5.91 Å². The summed E-state index contributed by atoms with van der Waals surface area (Å²) in [5, 5.41) is 12.7. The molecule has 0 aliphatic rings. The molecular weight excluding hydrogens is 322 g/mol. The van der Waals surface area contributed by atoms with Gasteiger partial charge in [0.05, 0.1) is 0 Å². The van der Waals surface area contributed by atoms with Gasteiger partial charge in [-0.1, -0.05) is 45.4 Å². The molecule has 1 rings (SSSR count). The van der Waals surface area contributed by atoms with Gasteiger partial charge in [-0.25, -0.2) is 0 Å². The minimum absolute atomic E-state index is 0.0932. The highest BCUT2D eigenvalue weighted by Crippen LogP contribution is 2.23. The van der Waals surface area contributed by atoms with E-state index in [0.717, 1.165) is 18.7 Å². The van der Waals surface area contributed by atoms with Crippen LogP contribution in [0.1, 0.15) is 33.3 Å². The Morgan fingerprint density at radius 3 is 2.38 bits per heavy atom. The van der Waals surface area contributed by atoms with Crippen LogP contribution in [0.4, 0.5) is 5.69 Å². The lowest BCUT2D eigenvalue weighted by molar-refractivity contribution is -0.112. The molecule has 0 aliphatic carbocycles. The van der Waals surface area contributed by atoms with Crippen molar-refractivity contribution in [3.8, 4) is 6.07 Å². The van der Waals surface area contributed by atoms with Crippen molar-refractivity contribution in [1.82, 2.24) is 4.90 Å². The summed E-state index contributed by atoms with van der Waals surface area (Å²) in [7, 11) is 0. The molecule has 0 fully saturated rings. The summed E-state index contributed by atoms with van der Waals surface area (Å²) in [6.45, 7) is 11.9. The fourth-order valence-corrected chi connectivity index (χ4v) is 2.55. The number of nitrogens with zero attached hydrogens (tertiary/aromatic N) is 2. The first-order valence-electron chi connectivity index (χ1n) is 8.17. The highest BCUT2D eigenvalue weighted by molar-refractivity contribution is 6.31. The predicted molar refractivity (Wildman–Crippen MR) is 99.8 cm³/mol. The smallest absolute Gasteiger partial charge is 0.267 e. The van der Waals surface area contributed by atoms with Crippen LogP contribution >= 0.6 is 11.6 Å². The standard InChI is InChI=1S/C19H26ClN3O/c1-13(2)10-23(11-14(3)4)12-16(9-21)19(24)22-18-8-6-7-17(20)15(18)5/h6-8,12-14H,10-11H2,1-5H3,(H,22,24)/b16-12-. The molecule has 0 saturated carbocycles. The van der Waals surface area contributed by atoms with Crippen molar-refractivity contribution in [2.45, 2.75) is 34.6 Å². The molecule has 0 heterocycles. The monoisotopic (exact) mass is 347 g/mol. The lowest BCUT2D eigenvalue weighted by Gasteiger charge is -2.25. The number of halogens is 1. The molecule has 0 bridgehead atoms. The normalized spacial score (nSPS) is 11.5. The molecule has 130 valence electrons. The number of benzene rings is 1. The summed E-state index contributed by atoms with van der Waals surface area (Å²) < 4.78 is 0. The third kappa shape index (κ3) is 6.25. The number of anilines is 1. The van der Waals surface area contributed by atoms with Crippen LogP contribution in [0.15, 0.2) is 30.0 Å². The van der Waals surface area contributed by atoms with E-state index in [2.05, 4.69) is 33.0 Å². The quantitative estimate of drug-likeness (QED) is 0.579. The average Bonchev–Trinajstić information content (AvgIpc) is 2.47. The first kappa shape index (κ1) is 20.1. The SMILES string of the molecule is Cc1c(Cl)cccc1NC(=O)/C(C#N)=C\N(CC(C)C)CC(C)C.